The van der Waals surface area contributed by atoms with Crippen LogP contribution in [-0.4, -0.2) is 109 Å². The van der Waals surface area contributed by atoms with Gasteiger partial charge in [-0.25, -0.2) is 10.1 Å². The zero-order chi connectivity index (χ0) is 21.5. The maximum absolute atomic E-state index is 13.0. The number of aliphatic hydroxyl groups is 6. The van der Waals surface area contributed by atoms with Crippen LogP contribution in [0.5, 0.6) is 0 Å². The second kappa shape index (κ2) is 8.47. The van der Waals surface area contributed by atoms with Gasteiger partial charge in [-0.05, 0) is 11.1 Å². The highest BCUT2D eigenvalue weighted by atomic mass is 79.9. The molecule has 7 N–H and O–H groups in total. The number of hydrogen-bond donors (Lipinski definition) is 7. The molecule has 1 unspecified atom stereocenters. The van der Waals surface area contributed by atoms with E-state index >= 15 is 0 Å². The highest BCUT2D eigenvalue weighted by Gasteiger charge is 2.67. The lowest BCUT2D eigenvalue weighted by molar-refractivity contribution is -0.904. The molecule has 2 fully saturated rings. The van der Waals surface area contributed by atoms with Gasteiger partial charge in [-0.1, -0.05) is 15.9 Å². The van der Waals surface area contributed by atoms with Crippen LogP contribution in [0.3, 0.4) is 0 Å². The number of imide groups is 1. The summed E-state index contributed by atoms with van der Waals surface area (Å²) in [5.41, 5.74) is -0.0723. The predicted molar refractivity (Wildman–Crippen MR) is 95.5 cm³/mol. The number of quaternary nitrogens is 1. The van der Waals surface area contributed by atoms with Gasteiger partial charge in [0.1, 0.15) is 30.6 Å². The first kappa shape index (κ1) is 22.4. The summed E-state index contributed by atoms with van der Waals surface area (Å²) in [4.78, 5) is 26.5. The Kier molecular flexibility index (Phi) is 6.55. The van der Waals surface area contributed by atoms with Crippen LogP contribution in [0.2, 0.25) is 0 Å². The molecule has 0 aromatic rings. The quantitative estimate of drug-likeness (QED) is 0.196. The van der Waals surface area contributed by atoms with Crippen molar-refractivity contribution in [1.82, 2.24) is 5.32 Å². The molecule has 0 saturated carbocycles. The van der Waals surface area contributed by atoms with Gasteiger partial charge in [-0.2, -0.15) is 4.48 Å². The molecule has 2 saturated heterocycles. The lowest BCUT2D eigenvalue weighted by atomic mass is 10.0. The average Bonchev–Trinajstić information content (AvgIpc) is 3.15. The van der Waals surface area contributed by atoms with Crippen LogP contribution in [0, 0.1) is 0 Å². The Hall–Kier alpha value is -1.26. The molecule has 3 aliphatic heterocycles. The fraction of sp³-hybridized carbons (Fsp3) is 0.625. The topological polar surface area (TPSA) is 186 Å². The fourth-order valence-electron chi connectivity index (χ4n) is 3.79. The minimum atomic E-state index is -1.72. The van der Waals surface area contributed by atoms with Crippen LogP contribution in [0.4, 0.5) is 4.79 Å². The Bertz CT molecular complexity index is 700. The Morgan fingerprint density at radius 1 is 0.966 bits per heavy atom. The Balaban J connectivity index is 2.17. The summed E-state index contributed by atoms with van der Waals surface area (Å²) < 4.78 is 9.84. The SMILES string of the molecule is O=C1NC(=O)[N+]([C@@H]2O[C@H](CO)[C@@H](O)[C@H]2O)([C@@H]2O[C@H](CO)[C@@H](O)[C@@H]2O)C=C1/C=C/Br. The van der Waals surface area contributed by atoms with Gasteiger partial charge in [0.25, 0.3) is 5.91 Å². The summed E-state index contributed by atoms with van der Waals surface area (Å²) in [6.45, 7) is -1.35. The van der Waals surface area contributed by atoms with Gasteiger partial charge in [0, 0.05) is 0 Å². The number of ether oxygens (including phenoxy) is 2. The number of rotatable bonds is 5. The first-order valence-electron chi connectivity index (χ1n) is 8.71. The van der Waals surface area contributed by atoms with Crippen molar-refractivity contribution in [2.75, 3.05) is 13.2 Å². The number of hydrogen-bond acceptors (Lipinski definition) is 10. The molecule has 12 nitrogen and oxygen atoms in total. The highest BCUT2D eigenvalue weighted by Crippen LogP contribution is 2.40. The van der Waals surface area contributed by atoms with Crippen molar-refractivity contribution in [3.8, 4) is 0 Å². The number of carbonyl (C=O) groups excluding carboxylic acids is 2. The van der Waals surface area contributed by atoms with Crippen LogP contribution in [0.15, 0.2) is 22.8 Å². The van der Waals surface area contributed by atoms with E-state index in [9.17, 15) is 40.2 Å². The number of nitrogens with zero attached hydrogens (tertiary/aromatic N) is 1. The zero-order valence-electron chi connectivity index (χ0n) is 14.9. The minimum Gasteiger partial charge on any atom is -0.394 e. The highest BCUT2D eigenvalue weighted by molar-refractivity contribution is 9.11. The van der Waals surface area contributed by atoms with Crippen LogP contribution < -0.4 is 5.32 Å². The third-order valence-electron chi connectivity index (χ3n) is 5.31. The zero-order valence-corrected chi connectivity index (χ0v) is 16.5. The molecule has 0 aromatic carbocycles. The number of aliphatic hydroxyl groups excluding tert-OH is 6. The van der Waals surface area contributed by atoms with E-state index in [-0.39, 0.29) is 5.57 Å². The van der Waals surface area contributed by atoms with Gasteiger partial charge in [0.05, 0.1) is 18.8 Å². The Morgan fingerprint density at radius 2 is 1.45 bits per heavy atom. The molecule has 3 rings (SSSR count). The molecule has 0 aromatic heterocycles. The molecular formula is C16H22BrN2O10+. The van der Waals surface area contributed by atoms with Gasteiger partial charge < -0.3 is 40.1 Å². The molecule has 0 bridgehead atoms. The number of carbonyl (C=O) groups is 2. The summed E-state index contributed by atoms with van der Waals surface area (Å²) in [6, 6.07) is -1.06. The third-order valence-corrected chi connectivity index (χ3v) is 5.57. The van der Waals surface area contributed by atoms with E-state index in [2.05, 4.69) is 21.2 Å². The minimum absolute atomic E-state index is 0.0723. The van der Waals surface area contributed by atoms with E-state index in [1.54, 1.807) is 0 Å². The van der Waals surface area contributed by atoms with Crippen molar-refractivity contribution in [1.29, 1.82) is 0 Å². The van der Waals surface area contributed by atoms with Crippen molar-refractivity contribution < 1.29 is 54.2 Å². The molecule has 3 heterocycles. The largest absolute Gasteiger partial charge is 0.432 e. The van der Waals surface area contributed by atoms with E-state index in [0.29, 0.717) is 0 Å². The van der Waals surface area contributed by atoms with Crippen LogP contribution >= 0.6 is 15.9 Å². The standard InChI is InChI=1S/C16H21BrN2O10/c17-2-1-6-3-19(16(27)18-13(6)26,14-11(24)9(22)7(4-20)28-14)15-12(25)10(23)8(5-21)29-15/h1-3,7-12,14-15,20-25H,4-5H2/p+1/b2-1+/t7-,8-,9-,10-,11-,12+,14-,15-,19?/m1/s1. The summed E-state index contributed by atoms with van der Waals surface area (Å²) in [7, 11) is 0. The van der Waals surface area contributed by atoms with Crippen molar-refractivity contribution in [3.63, 3.8) is 0 Å². The summed E-state index contributed by atoms with van der Waals surface area (Å²) in [6.07, 6.45) is -9.98. The van der Waals surface area contributed by atoms with E-state index < -0.39 is 78.7 Å². The van der Waals surface area contributed by atoms with Crippen molar-refractivity contribution in [3.05, 3.63) is 22.8 Å². The second-order valence-electron chi connectivity index (χ2n) is 6.93. The molecule has 0 aliphatic carbocycles. The molecule has 162 valence electrons. The monoisotopic (exact) mass is 481 g/mol. The molecule has 0 radical (unpaired) electrons. The van der Waals surface area contributed by atoms with E-state index in [1.165, 1.54) is 11.1 Å². The smallest absolute Gasteiger partial charge is 0.394 e. The van der Waals surface area contributed by atoms with Gasteiger partial charge in [0.2, 0.25) is 12.5 Å². The molecule has 0 spiro atoms. The average molecular weight is 482 g/mol. The van der Waals surface area contributed by atoms with Gasteiger partial charge >= 0.3 is 6.03 Å². The first-order chi connectivity index (χ1) is 13.7. The molecule has 29 heavy (non-hydrogen) atoms. The van der Waals surface area contributed by atoms with Gasteiger partial charge in [0.15, 0.2) is 12.2 Å². The number of halogens is 1. The maximum atomic E-state index is 13.0. The normalized spacial score (nSPS) is 45.7. The number of urea groups is 1. The van der Waals surface area contributed by atoms with Gasteiger partial charge in [-0.15, -0.1) is 0 Å². The molecule has 3 aliphatic rings. The molecule has 13 heteroatoms. The van der Waals surface area contributed by atoms with Gasteiger partial charge in [-0.3, -0.25) is 4.79 Å². The van der Waals surface area contributed by atoms with Crippen LogP contribution in [0.25, 0.3) is 0 Å². The predicted octanol–water partition coefficient (Wildman–Crippen LogP) is -3.28. The second-order valence-corrected chi connectivity index (χ2v) is 7.46. The molecule has 9 atom stereocenters. The van der Waals surface area contributed by atoms with E-state index in [4.69, 9.17) is 9.47 Å². The third kappa shape index (κ3) is 3.46. The summed E-state index contributed by atoms with van der Waals surface area (Å²) in [5.74, 6) is -0.780. The fourth-order valence-corrected chi connectivity index (χ4v) is 4.07. The van der Waals surface area contributed by atoms with Crippen molar-refractivity contribution in [2.45, 2.75) is 49.1 Å². The van der Waals surface area contributed by atoms with Crippen LogP contribution in [-0.2, 0) is 14.3 Å². The molecular weight excluding hydrogens is 460 g/mol. The number of amides is 3. The number of nitrogens with one attached hydrogen (secondary N) is 1. The van der Waals surface area contributed by atoms with Crippen LogP contribution in [0.1, 0.15) is 0 Å². The summed E-state index contributed by atoms with van der Waals surface area (Å²) in [5, 5.41) is 62.3. The van der Waals surface area contributed by atoms with E-state index in [1.807, 2.05) is 0 Å². The molecule has 3 amide bonds. The van der Waals surface area contributed by atoms with Crippen molar-refractivity contribution >= 4 is 27.9 Å². The van der Waals surface area contributed by atoms with Crippen molar-refractivity contribution in [2.24, 2.45) is 0 Å². The Morgan fingerprint density at radius 3 is 1.83 bits per heavy atom. The van der Waals surface area contributed by atoms with E-state index in [0.717, 1.165) is 6.20 Å². The lowest BCUT2D eigenvalue weighted by Gasteiger charge is -2.43. The maximum Gasteiger partial charge on any atom is 0.432 e. The lowest BCUT2D eigenvalue weighted by Crippen LogP contribution is -2.72. The summed E-state index contributed by atoms with van der Waals surface area (Å²) >= 11 is 3.02. The first-order valence-corrected chi connectivity index (χ1v) is 9.63. The Labute approximate surface area is 173 Å².